The summed E-state index contributed by atoms with van der Waals surface area (Å²) in [4.78, 5) is 10.9. The molecule has 1 aromatic heterocycles. The highest BCUT2D eigenvalue weighted by atomic mass is 16.5. The van der Waals surface area contributed by atoms with Crippen molar-refractivity contribution in [2.24, 2.45) is 0 Å². The molecule has 0 spiro atoms. The number of ether oxygens (including phenoxy) is 1. The van der Waals surface area contributed by atoms with Crippen LogP contribution in [0, 0.1) is 0 Å². The van der Waals surface area contributed by atoms with Crippen molar-refractivity contribution in [1.82, 2.24) is 25.7 Å². The number of fused-ring (bicyclic) bond motifs is 1. The molecule has 3 aromatic rings. The summed E-state index contributed by atoms with van der Waals surface area (Å²) in [6.45, 7) is 3.34. The summed E-state index contributed by atoms with van der Waals surface area (Å²) in [5.74, 6) is 0.722. The van der Waals surface area contributed by atoms with Crippen LogP contribution < -0.4 is 15.6 Å². The van der Waals surface area contributed by atoms with Gasteiger partial charge >= 0.3 is 6.01 Å². The second-order valence-electron chi connectivity index (χ2n) is 7.50. The van der Waals surface area contributed by atoms with E-state index >= 15 is 0 Å². The number of hydrogen-bond donors (Lipinski definition) is 3. The molecule has 2 fully saturated rings. The molecule has 2 aliphatic rings. The number of benzene rings is 2. The lowest BCUT2D eigenvalue weighted by atomic mass is 10.0. The zero-order chi connectivity index (χ0) is 18.9. The van der Waals surface area contributed by atoms with Crippen molar-refractivity contribution in [3.8, 4) is 11.8 Å². The standard InChI is InChI=1S/C21H23N5O2/c27-18-12-26(13-18)11-14-1-2-16-8-19(4-3-15(16)7-14)28-21-22-9-17(10-23-21)20-5-6-24-25-20/h1-4,7-10,18,20,24-25,27H,5-6,11-13H2. The Kier molecular flexibility index (Phi) is 4.66. The minimum Gasteiger partial charge on any atom is -0.424 e. The zero-order valence-corrected chi connectivity index (χ0v) is 15.5. The second-order valence-corrected chi connectivity index (χ2v) is 7.50. The van der Waals surface area contributed by atoms with Crippen LogP contribution in [0.15, 0.2) is 48.8 Å². The minimum atomic E-state index is -0.164. The van der Waals surface area contributed by atoms with E-state index in [2.05, 4.69) is 50.0 Å². The van der Waals surface area contributed by atoms with Crippen LogP contribution in [0.4, 0.5) is 0 Å². The maximum Gasteiger partial charge on any atom is 0.321 e. The number of hydrazine groups is 1. The summed E-state index contributed by atoms with van der Waals surface area (Å²) in [7, 11) is 0. The first kappa shape index (κ1) is 17.5. The highest BCUT2D eigenvalue weighted by Crippen LogP contribution is 2.26. The Balaban J connectivity index is 1.28. The van der Waals surface area contributed by atoms with Gasteiger partial charge in [0.1, 0.15) is 5.75 Å². The number of aliphatic hydroxyl groups excluding tert-OH is 1. The Hall–Kier alpha value is -2.58. The lowest BCUT2D eigenvalue weighted by molar-refractivity contribution is -0.00284. The Labute approximate surface area is 163 Å². The molecule has 2 aliphatic heterocycles. The third kappa shape index (κ3) is 3.70. The van der Waals surface area contributed by atoms with E-state index in [1.54, 1.807) is 0 Å². The van der Waals surface area contributed by atoms with Gasteiger partial charge in [-0.3, -0.25) is 15.8 Å². The van der Waals surface area contributed by atoms with Crippen LogP contribution in [-0.4, -0.2) is 45.7 Å². The van der Waals surface area contributed by atoms with Crippen LogP contribution in [0.25, 0.3) is 10.8 Å². The number of hydrogen-bond acceptors (Lipinski definition) is 7. The molecular weight excluding hydrogens is 354 g/mol. The number of likely N-dealkylation sites (tertiary alicyclic amines) is 1. The number of aliphatic hydroxyl groups is 1. The molecule has 0 saturated carbocycles. The van der Waals surface area contributed by atoms with Crippen LogP contribution in [0.1, 0.15) is 23.6 Å². The monoisotopic (exact) mass is 377 g/mol. The summed E-state index contributed by atoms with van der Waals surface area (Å²) in [5, 5.41) is 11.7. The molecule has 1 atom stereocenters. The fraction of sp³-hybridized carbons (Fsp3) is 0.333. The van der Waals surface area contributed by atoms with E-state index < -0.39 is 0 Å². The lowest BCUT2D eigenvalue weighted by Gasteiger charge is -2.35. The first-order valence-corrected chi connectivity index (χ1v) is 9.64. The average molecular weight is 377 g/mol. The van der Waals surface area contributed by atoms with Crippen molar-refractivity contribution in [3.05, 3.63) is 59.9 Å². The van der Waals surface area contributed by atoms with Crippen LogP contribution in [0.5, 0.6) is 11.8 Å². The highest BCUT2D eigenvalue weighted by Gasteiger charge is 2.23. The van der Waals surface area contributed by atoms with Gasteiger partial charge in [0.2, 0.25) is 0 Å². The van der Waals surface area contributed by atoms with Gasteiger partial charge < -0.3 is 9.84 Å². The lowest BCUT2D eigenvalue weighted by Crippen LogP contribution is -2.49. The Morgan fingerprint density at radius 3 is 2.61 bits per heavy atom. The van der Waals surface area contributed by atoms with Gasteiger partial charge in [-0.05, 0) is 41.0 Å². The van der Waals surface area contributed by atoms with Crippen LogP contribution in [0.2, 0.25) is 0 Å². The van der Waals surface area contributed by atoms with Gasteiger partial charge in [-0.25, -0.2) is 9.97 Å². The Bertz CT molecular complexity index is 966. The molecule has 0 aliphatic carbocycles. The fourth-order valence-electron chi connectivity index (χ4n) is 3.76. The molecule has 28 heavy (non-hydrogen) atoms. The van der Waals surface area contributed by atoms with Crippen molar-refractivity contribution in [1.29, 1.82) is 0 Å². The molecule has 144 valence electrons. The van der Waals surface area contributed by atoms with E-state index in [0.29, 0.717) is 6.01 Å². The number of nitrogens with one attached hydrogen (secondary N) is 2. The van der Waals surface area contributed by atoms with Gasteiger partial charge in [0.05, 0.1) is 12.1 Å². The second kappa shape index (κ2) is 7.44. The van der Waals surface area contributed by atoms with Crippen molar-refractivity contribution in [3.63, 3.8) is 0 Å². The molecular formula is C21H23N5O2. The fourth-order valence-corrected chi connectivity index (χ4v) is 3.76. The van der Waals surface area contributed by atoms with Crippen molar-refractivity contribution >= 4 is 10.8 Å². The first-order chi connectivity index (χ1) is 13.7. The predicted molar refractivity (Wildman–Crippen MR) is 106 cm³/mol. The summed E-state index contributed by atoms with van der Waals surface area (Å²) < 4.78 is 5.84. The largest absolute Gasteiger partial charge is 0.424 e. The van der Waals surface area contributed by atoms with Crippen molar-refractivity contribution < 1.29 is 9.84 Å². The van der Waals surface area contributed by atoms with Gasteiger partial charge in [-0.2, -0.15) is 0 Å². The molecule has 5 rings (SSSR count). The topological polar surface area (TPSA) is 82.5 Å². The average Bonchev–Trinajstić information content (AvgIpc) is 3.22. The summed E-state index contributed by atoms with van der Waals surface area (Å²) in [6, 6.07) is 13.0. The van der Waals surface area contributed by atoms with Gasteiger partial charge in [0, 0.05) is 44.1 Å². The van der Waals surface area contributed by atoms with E-state index in [9.17, 15) is 5.11 Å². The minimum absolute atomic E-state index is 0.164. The van der Waals surface area contributed by atoms with E-state index in [4.69, 9.17) is 4.74 Å². The summed E-state index contributed by atoms with van der Waals surface area (Å²) in [5.41, 5.74) is 8.62. The maximum atomic E-state index is 9.42. The van der Waals surface area contributed by atoms with Crippen molar-refractivity contribution in [2.75, 3.05) is 19.6 Å². The quantitative estimate of drug-likeness (QED) is 0.628. The molecule has 0 radical (unpaired) electrons. The highest BCUT2D eigenvalue weighted by molar-refractivity contribution is 5.84. The molecule has 7 heteroatoms. The van der Waals surface area contributed by atoms with Crippen molar-refractivity contribution in [2.45, 2.75) is 25.1 Å². The van der Waals surface area contributed by atoms with Crippen LogP contribution in [0.3, 0.4) is 0 Å². The molecule has 1 unspecified atom stereocenters. The number of β-amino-alcohol motifs (C(OH)–C–C–N with tert-alkyl or cyclic N) is 1. The van der Waals surface area contributed by atoms with Crippen LogP contribution >= 0.6 is 0 Å². The zero-order valence-electron chi connectivity index (χ0n) is 15.5. The van der Waals surface area contributed by atoms with Gasteiger partial charge in [0.15, 0.2) is 0 Å². The molecule has 0 bridgehead atoms. The number of aromatic nitrogens is 2. The maximum absolute atomic E-state index is 9.42. The SMILES string of the molecule is OC1CN(Cc2ccc3cc(Oc4ncc(C5CCNN5)cn4)ccc3c2)C1. The Morgan fingerprint density at radius 1 is 1.07 bits per heavy atom. The van der Waals surface area contributed by atoms with Crippen LogP contribution in [-0.2, 0) is 6.54 Å². The van der Waals surface area contributed by atoms with Gasteiger partial charge in [-0.15, -0.1) is 0 Å². The molecule has 2 saturated heterocycles. The normalized spacial score (nSPS) is 20.4. The van der Waals surface area contributed by atoms with E-state index in [1.165, 1.54) is 10.9 Å². The first-order valence-electron chi connectivity index (χ1n) is 9.64. The molecule has 3 N–H and O–H groups in total. The third-order valence-electron chi connectivity index (χ3n) is 5.31. The predicted octanol–water partition coefficient (Wildman–Crippen LogP) is 2.14. The summed E-state index contributed by atoms with van der Waals surface area (Å²) in [6.07, 6.45) is 4.48. The third-order valence-corrected chi connectivity index (χ3v) is 5.31. The number of nitrogens with zero attached hydrogens (tertiary/aromatic N) is 3. The van der Waals surface area contributed by atoms with Gasteiger partial charge in [-0.1, -0.05) is 18.2 Å². The smallest absolute Gasteiger partial charge is 0.321 e. The van der Waals surface area contributed by atoms with E-state index in [-0.39, 0.29) is 12.1 Å². The molecule has 2 aromatic carbocycles. The van der Waals surface area contributed by atoms with E-state index in [0.717, 1.165) is 49.3 Å². The molecule has 7 nitrogen and oxygen atoms in total. The van der Waals surface area contributed by atoms with E-state index in [1.807, 2.05) is 24.5 Å². The Morgan fingerprint density at radius 2 is 1.86 bits per heavy atom. The number of rotatable bonds is 5. The molecule has 0 amide bonds. The molecule has 3 heterocycles. The summed E-state index contributed by atoms with van der Waals surface area (Å²) >= 11 is 0. The van der Waals surface area contributed by atoms with Gasteiger partial charge in [0.25, 0.3) is 0 Å².